The fraction of sp³-hybridized carbons (Fsp3) is 0.538. The van der Waals surface area contributed by atoms with Crippen molar-refractivity contribution in [2.75, 3.05) is 0 Å². The molecule has 2 aromatic carbocycles. The molecule has 0 aliphatic heterocycles. The van der Waals surface area contributed by atoms with Gasteiger partial charge in [0.25, 0.3) is 0 Å². The summed E-state index contributed by atoms with van der Waals surface area (Å²) < 4.78 is 0. The largest absolute Gasteiger partial charge is 0.508 e. The van der Waals surface area contributed by atoms with Gasteiger partial charge in [0.2, 0.25) is 0 Å². The van der Waals surface area contributed by atoms with E-state index in [1.807, 2.05) is 12.1 Å². The maximum absolute atomic E-state index is 10.8. The zero-order chi connectivity index (χ0) is 20.7. The van der Waals surface area contributed by atoms with Crippen LogP contribution in [0.1, 0.15) is 98.6 Å². The van der Waals surface area contributed by atoms with E-state index in [-0.39, 0.29) is 5.92 Å². The minimum Gasteiger partial charge on any atom is -0.508 e. The fourth-order valence-corrected chi connectivity index (χ4v) is 4.40. The molecule has 2 N–H and O–H groups in total. The molecule has 154 valence electrons. The third-order valence-electron chi connectivity index (χ3n) is 6.08. The molecule has 2 nitrogen and oxygen atoms in total. The maximum atomic E-state index is 10.8. The SMILES string of the molecule is CCCCc1ccc(O)c(C(CCC)c2c(O)ccc(CCCC)c2C)c1C. The van der Waals surface area contributed by atoms with Crippen LogP contribution in [-0.4, -0.2) is 10.2 Å². The normalized spacial score (nSPS) is 11.4. The van der Waals surface area contributed by atoms with Crippen molar-refractivity contribution in [1.29, 1.82) is 0 Å². The van der Waals surface area contributed by atoms with E-state index in [2.05, 4.69) is 46.8 Å². The Morgan fingerprint density at radius 1 is 0.679 bits per heavy atom. The van der Waals surface area contributed by atoms with E-state index in [4.69, 9.17) is 0 Å². The lowest BCUT2D eigenvalue weighted by molar-refractivity contribution is 0.448. The lowest BCUT2D eigenvalue weighted by Crippen LogP contribution is -2.09. The van der Waals surface area contributed by atoms with E-state index in [1.165, 1.54) is 22.3 Å². The third kappa shape index (κ3) is 4.90. The topological polar surface area (TPSA) is 40.5 Å². The summed E-state index contributed by atoms with van der Waals surface area (Å²) in [5, 5.41) is 21.6. The zero-order valence-electron chi connectivity index (χ0n) is 18.4. The fourth-order valence-electron chi connectivity index (χ4n) is 4.40. The van der Waals surface area contributed by atoms with E-state index >= 15 is 0 Å². The van der Waals surface area contributed by atoms with E-state index in [9.17, 15) is 10.2 Å². The molecule has 2 aromatic rings. The molecule has 0 heterocycles. The van der Waals surface area contributed by atoms with Crippen LogP contribution in [0, 0.1) is 13.8 Å². The number of aryl methyl sites for hydroxylation is 2. The highest BCUT2D eigenvalue weighted by molar-refractivity contribution is 5.55. The van der Waals surface area contributed by atoms with Gasteiger partial charge in [-0.3, -0.25) is 0 Å². The Morgan fingerprint density at radius 2 is 1.11 bits per heavy atom. The van der Waals surface area contributed by atoms with Gasteiger partial charge in [0.1, 0.15) is 11.5 Å². The summed E-state index contributed by atoms with van der Waals surface area (Å²) in [6.45, 7) is 10.9. The molecule has 0 spiro atoms. The summed E-state index contributed by atoms with van der Waals surface area (Å²) in [5.74, 6) is 0.732. The second-order valence-corrected chi connectivity index (χ2v) is 8.11. The molecule has 0 saturated heterocycles. The molecular weight excluding hydrogens is 344 g/mol. The molecule has 0 aromatic heterocycles. The van der Waals surface area contributed by atoms with Gasteiger partial charge in [-0.15, -0.1) is 0 Å². The van der Waals surface area contributed by atoms with Gasteiger partial charge in [-0.2, -0.15) is 0 Å². The van der Waals surface area contributed by atoms with E-state index in [1.54, 1.807) is 0 Å². The predicted octanol–water partition coefficient (Wildman–Crippen LogP) is 7.33. The van der Waals surface area contributed by atoms with Crippen molar-refractivity contribution in [3.8, 4) is 11.5 Å². The predicted molar refractivity (Wildman–Crippen MR) is 120 cm³/mol. The summed E-state index contributed by atoms with van der Waals surface area (Å²) in [4.78, 5) is 0. The van der Waals surface area contributed by atoms with Crippen LogP contribution >= 0.6 is 0 Å². The highest BCUT2D eigenvalue weighted by Gasteiger charge is 2.25. The molecule has 0 bridgehead atoms. The summed E-state index contributed by atoms with van der Waals surface area (Å²) in [5.41, 5.74) is 7.00. The molecule has 0 unspecified atom stereocenters. The van der Waals surface area contributed by atoms with E-state index < -0.39 is 0 Å². The molecule has 0 fully saturated rings. The van der Waals surface area contributed by atoms with E-state index in [0.717, 1.165) is 62.5 Å². The summed E-state index contributed by atoms with van der Waals surface area (Å²) in [6.07, 6.45) is 8.62. The lowest BCUT2D eigenvalue weighted by atomic mass is 9.79. The number of rotatable bonds is 10. The molecule has 0 aliphatic carbocycles. The van der Waals surface area contributed by atoms with E-state index in [0.29, 0.717) is 11.5 Å². The first-order chi connectivity index (χ1) is 13.5. The molecule has 2 rings (SSSR count). The number of phenolic OH excluding ortho intramolecular Hbond substituents is 2. The first kappa shape index (κ1) is 22.3. The summed E-state index contributed by atoms with van der Waals surface area (Å²) in [6, 6.07) is 7.83. The van der Waals surface area contributed by atoms with Crippen molar-refractivity contribution in [2.24, 2.45) is 0 Å². The van der Waals surface area contributed by atoms with Crippen molar-refractivity contribution in [3.63, 3.8) is 0 Å². The van der Waals surface area contributed by atoms with Gasteiger partial charge >= 0.3 is 0 Å². The Bertz CT molecular complexity index is 713. The van der Waals surface area contributed by atoms with Crippen LogP contribution < -0.4 is 0 Å². The van der Waals surface area contributed by atoms with Gasteiger partial charge in [-0.25, -0.2) is 0 Å². The monoisotopic (exact) mass is 382 g/mol. The first-order valence-corrected chi connectivity index (χ1v) is 11.1. The standard InChI is InChI=1S/C26H38O2/c1-6-9-12-20-14-16-23(27)25(18(20)4)22(11-8-3)26-19(5)21(13-10-7-2)15-17-24(26)28/h14-17,22,27-28H,6-13H2,1-5H3. The van der Waals surface area contributed by atoms with Crippen molar-refractivity contribution < 1.29 is 10.2 Å². The van der Waals surface area contributed by atoms with Crippen LogP contribution in [0.5, 0.6) is 11.5 Å². The smallest absolute Gasteiger partial charge is 0.119 e. The molecule has 28 heavy (non-hydrogen) atoms. The molecule has 0 aliphatic rings. The maximum Gasteiger partial charge on any atom is 0.119 e. The number of benzene rings is 2. The van der Waals surface area contributed by atoms with Crippen LogP contribution in [-0.2, 0) is 12.8 Å². The van der Waals surface area contributed by atoms with Gasteiger partial charge in [0.05, 0.1) is 0 Å². The number of phenols is 2. The molecule has 2 heteroatoms. The Kier molecular flexibility index (Phi) is 8.41. The third-order valence-corrected chi connectivity index (χ3v) is 6.08. The highest BCUT2D eigenvalue weighted by atomic mass is 16.3. The quantitative estimate of drug-likeness (QED) is 0.451. The number of hydrogen-bond acceptors (Lipinski definition) is 2. The van der Waals surface area contributed by atoms with Crippen LogP contribution in [0.25, 0.3) is 0 Å². The van der Waals surface area contributed by atoms with Gasteiger partial charge in [-0.05, 0) is 80.3 Å². The second-order valence-electron chi connectivity index (χ2n) is 8.11. The van der Waals surface area contributed by atoms with Gasteiger partial charge < -0.3 is 10.2 Å². The summed E-state index contributed by atoms with van der Waals surface area (Å²) in [7, 11) is 0. The van der Waals surface area contributed by atoms with Crippen LogP contribution in [0.15, 0.2) is 24.3 Å². The minimum absolute atomic E-state index is 0.0214. The number of hydrogen-bond donors (Lipinski definition) is 2. The molecule has 0 saturated carbocycles. The number of aromatic hydroxyl groups is 2. The first-order valence-electron chi connectivity index (χ1n) is 11.1. The minimum atomic E-state index is 0.0214. The van der Waals surface area contributed by atoms with Gasteiger partial charge in [-0.1, -0.05) is 52.2 Å². The average Bonchev–Trinajstić information content (AvgIpc) is 2.67. The van der Waals surface area contributed by atoms with Crippen LogP contribution in [0.4, 0.5) is 0 Å². The van der Waals surface area contributed by atoms with Crippen molar-refractivity contribution in [2.45, 2.75) is 91.9 Å². The Hall–Kier alpha value is -1.96. The Morgan fingerprint density at radius 3 is 1.46 bits per heavy atom. The van der Waals surface area contributed by atoms with Crippen LogP contribution in [0.3, 0.4) is 0 Å². The molecule has 0 amide bonds. The lowest BCUT2D eigenvalue weighted by Gasteiger charge is -2.26. The number of unbranched alkanes of at least 4 members (excludes halogenated alkanes) is 2. The second kappa shape index (κ2) is 10.5. The Labute approximate surface area is 171 Å². The molecular formula is C26H38O2. The molecule has 0 atom stereocenters. The summed E-state index contributed by atoms with van der Waals surface area (Å²) >= 11 is 0. The zero-order valence-corrected chi connectivity index (χ0v) is 18.4. The van der Waals surface area contributed by atoms with Crippen molar-refractivity contribution in [1.82, 2.24) is 0 Å². The van der Waals surface area contributed by atoms with Crippen molar-refractivity contribution in [3.05, 3.63) is 57.6 Å². The van der Waals surface area contributed by atoms with Crippen LogP contribution in [0.2, 0.25) is 0 Å². The Balaban J connectivity index is 2.61. The molecule has 0 radical (unpaired) electrons. The van der Waals surface area contributed by atoms with Gasteiger partial charge in [0, 0.05) is 17.0 Å². The average molecular weight is 383 g/mol. The highest BCUT2D eigenvalue weighted by Crippen LogP contribution is 2.43. The van der Waals surface area contributed by atoms with Crippen molar-refractivity contribution >= 4 is 0 Å². The van der Waals surface area contributed by atoms with Gasteiger partial charge in [0.15, 0.2) is 0 Å².